The molecule has 1 N–H and O–H groups in total. The molecule has 22 heavy (non-hydrogen) atoms. The van der Waals surface area contributed by atoms with Gasteiger partial charge in [0.15, 0.2) is 11.5 Å². The molecule has 0 saturated heterocycles. The zero-order valence-corrected chi connectivity index (χ0v) is 13.7. The molecule has 0 bridgehead atoms. The highest BCUT2D eigenvalue weighted by atomic mass is 35.5. The molecular formula is C16H22ClNO4. The van der Waals surface area contributed by atoms with Crippen LogP contribution in [0.15, 0.2) is 12.1 Å². The quantitative estimate of drug-likeness (QED) is 0.782. The smallest absolute Gasteiger partial charge is 0.251 e. The zero-order valence-electron chi connectivity index (χ0n) is 13.0. The highest BCUT2D eigenvalue weighted by molar-refractivity contribution is 6.32. The average molecular weight is 328 g/mol. The number of ether oxygens (including phenoxy) is 3. The number of halogens is 1. The maximum atomic E-state index is 12.1. The van der Waals surface area contributed by atoms with Gasteiger partial charge in [-0.1, -0.05) is 25.4 Å². The van der Waals surface area contributed by atoms with Crippen molar-refractivity contribution >= 4 is 17.5 Å². The van der Waals surface area contributed by atoms with E-state index in [1.807, 2.05) is 0 Å². The van der Waals surface area contributed by atoms with Crippen LogP contribution in [0, 0.1) is 5.92 Å². The lowest BCUT2D eigenvalue weighted by Crippen LogP contribution is -2.26. The Hall–Kier alpha value is -1.46. The molecule has 0 aliphatic carbocycles. The van der Waals surface area contributed by atoms with E-state index in [1.54, 1.807) is 12.1 Å². The summed E-state index contributed by atoms with van der Waals surface area (Å²) in [4.78, 5) is 12.1. The van der Waals surface area contributed by atoms with Gasteiger partial charge in [-0.25, -0.2) is 0 Å². The van der Waals surface area contributed by atoms with E-state index in [-0.39, 0.29) is 5.91 Å². The molecule has 1 aromatic carbocycles. The van der Waals surface area contributed by atoms with Crippen LogP contribution in [-0.2, 0) is 4.74 Å². The van der Waals surface area contributed by atoms with Crippen molar-refractivity contribution < 1.29 is 19.0 Å². The number of carbonyl (C=O) groups excluding carboxylic acids is 1. The van der Waals surface area contributed by atoms with Crippen LogP contribution in [0.3, 0.4) is 0 Å². The molecule has 0 fully saturated rings. The number of nitrogens with one attached hydrogen (secondary N) is 1. The summed E-state index contributed by atoms with van der Waals surface area (Å²) in [5.74, 6) is 1.37. The summed E-state index contributed by atoms with van der Waals surface area (Å²) in [6.07, 6.45) is 0.775. The Kier molecular flexibility index (Phi) is 6.34. The summed E-state index contributed by atoms with van der Waals surface area (Å²) in [6, 6.07) is 3.25. The summed E-state index contributed by atoms with van der Waals surface area (Å²) in [6.45, 7) is 7.08. The SMILES string of the molecule is CC(C)COCCCNC(=O)c1cc(Cl)c2c(c1)OCCO2. The number of rotatable bonds is 7. The fourth-order valence-corrected chi connectivity index (χ4v) is 2.30. The molecule has 1 amide bonds. The fourth-order valence-electron chi connectivity index (χ4n) is 2.04. The topological polar surface area (TPSA) is 56.8 Å². The van der Waals surface area contributed by atoms with Crippen molar-refractivity contribution in [1.82, 2.24) is 5.32 Å². The van der Waals surface area contributed by atoms with Gasteiger partial charge in [0.1, 0.15) is 13.2 Å². The Morgan fingerprint density at radius 1 is 1.36 bits per heavy atom. The first kappa shape index (κ1) is 16.9. The monoisotopic (exact) mass is 327 g/mol. The minimum absolute atomic E-state index is 0.178. The van der Waals surface area contributed by atoms with Crippen LogP contribution in [0.4, 0.5) is 0 Å². The third-order valence-electron chi connectivity index (χ3n) is 3.06. The molecule has 2 rings (SSSR count). The van der Waals surface area contributed by atoms with E-state index in [0.717, 1.165) is 13.0 Å². The number of hydrogen-bond acceptors (Lipinski definition) is 4. The van der Waals surface area contributed by atoms with Gasteiger partial charge < -0.3 is 19.5 Å². The number of fused-ring (bicyclic) bond motifs is 1. The molecule has 0 unspecified atom stereocenters. The zero-order chi connectivity index (χ0) is 15.9. The minimum Gasteiger partial charge on any atom is -0.486 e. The Bertz CT molecular complexity index is 519. The maximum Gasteiger partial charge on any atom is 0.251 e. The Labute approximate surface area is 135 Å². The molecule has 0 atom stereocenters. The highest BCUT2D eigenvalue weighted by Gasteiger charge is 2.19. The molecule has 0 spiro atoms. The number of hydrogen-bond donors (Lipinski definition) is 1. The van der Waals surface area contributed by atoms with Crippen molar-refractivity contribution in [2.75, 3.05) is 33.0 Å². The molecule has 1 heterocycles. The van der Waals surface area contributed by atoms with E-state index in [9.17, 15) is 4.79 Å². The van der Waals surface area contributed by atoms with E-state index >= 15 is 0 Å². The Morgan fingerprint density at radius 2 is 2.14 bits per heavy atom. The van der Waals surface area contributed by atoms with Gasteiger partial charge in [0, 0.05) is 25.3 Å². The van der Waals surface area contributed by atoms with Crippen LogP contribution < -0.4 is 14.8 Å². The van der Waals surface area contributed by atoms with Gasteiger partial charge in [0.25, 0.3) is 5.91 Å². The summed E-state index contributed by atoms with van der Waals surface area (Å²) in [5.41, 5.74) is 0.470. The molecular weight excluding hydrogens is 306 g/mol. The van der Waals surface area contributed by atoms with Crippen molar-refractivity contribution in [2.24, 2.45) is 5.92 Å². The van der Waals surface area contributed by atoms with Gasteiger partial charge in [0.05, 0.1) is 5.02 Å². The summed E-state index contributed by atoms with van der Waals surface area (Å²) in [7, 11) is 0. The van der Waals surface area contributed by atoms with Crippen molar-refractivity contribution in [2.45, 2.75) is 20.3 Å². The average Bonchev–Trinajstić information content (AvgIpc) is 2.50. The molecule has 0 aromatic heterocycles. The number of amides is 1. The van der Waals surface area contributed by atoms with E-state index < -0.39 is 0 Å². The van der Waals surface area contributed by atoms with Crippen molar-refractivity contribution in [1.29, 1.82) is 0 Å². The second-order valence-corrected chi connectivity index (χ2v) is 5.97. The highest BCUT2D eigenvalue weighted by Crippen LogP contribution is 2.38. The molecule has 1 aliphatic rings. The van der Waals surface area contributed by atoms with E-state index in [0.29, 0.717) is 54.4 Å². The van der Waals surface area contributed by atoms with Gasteiger partial charge in [-0.2, -0.15) is 0 Å². The summed E-state index contributed by atoms with van der Waals surface area (Å²) >= 11 is 6.12. The molecule has 122 valence electrons. The Morgan fingerprint density at radius 3 is 2.91 bits per heavy atom. The largest absolute Gasteiger partial charge is 0.486 e. The van der Waals surface area contributed by atoms with E-state index in [4.69, 9.17) is 25.8 Å². The maximum absolute atomic E-state index is 12.1. The first-order valence-electron chi connectivity index (χ1n) is 7.53. The number of benzene rings is 1. The molecule has 1 aromatic rings. The van der Waals surface area contributed by atoms with Gasteiger partial charge in [-0.15, -0.1) is 0 Å². The molecule has 0 radical (unpaired) electrons. The predicted octanol–water partition coefficient (Wildman–Crippen LogP) is 2.90. The van der Waals surface area contributed by atoms with E-state index in [1.165, 1.54) is 0 Å². The minimum atomic E-state index is -0.178. The van der Waals surface area contributed by atoms with Crippen LogP contribution in [-0.4, -0.2) is 38.9 Å². The van der Waals surface area contributed by atoms with Crippen molar-refractivity contribution in [3.63, 3.8) is 0 Å². The van der Waals surface area contributed by atoms with Crippen LogP contribution in [0.2, 0.25) is 5.02 Å². The predicted molar refractivity (Wildman–Crippen MR) is 85.0 cm³/mol. The standard InChI is InChI=1S/C16H22ClNO4/c1-11(2)10-20-5-3-4-18-16(19)12-8-13(17)15-14(9-12)21-6-7-22-15/h8-9,11H,3-7,10H2,1-2H3,(H,18,19). The summed E-state index contributed by atoms with van der Waals surface area (Å²) in [5, 5.41) is 3.24. The normalized spacial score (nSPS) is 13.3. The number of carbonyl (C=O) groups is 1. The van der Waals surface area contributed by atoms with Crippen LogP contribution in [0.25, 0.3) is 0 Å². The Balaban J connectivity index is 1.81. The van der Waals surface area contributed by atoms with Gasteiger partial charge in [0.2, 0.25) is 0 Å². The van der Waals surface area contributed by atoms with Gasteiger partial charge in [-0.3, -0.25) is 4.79 Å². The van der Waals surface area contributed by atoms with Crippen molar-refractivity contribution in [3.05, 3.63) is 22.7 Å². The third-order valence-corrected chi connectivity index (χ3v) is 3.34. The first-order valence-corrected chi connectivity index (χ1v) is 7.91. The van der Waals surface area contributed by atoms with Crippen LogP contribution in [0.1, 0.15) is 30.6 Å². The molecule has 5 nitrogen and oxygen atoms in total. The second kappa shape index (κ2) is 8.25. The molecule has 0 saturated carbocycles. The van der Waals surface area contributed by atoms with E-state index in [2.05, 4.69) is 19.2 Å². The third kappa shape index (κ3) is 4.78. The lowest BCUT2D eigenvalue weighted by Gasteiger charge is -2.20. The van der Waals surface area contributed by atoms with Crippen LogP contribution >= 0.6 is 11.6 Å². The summed E-state index contributed by atoms with van der Waals surface area (Å²) < 4.78 is 16.4. The van der Waals surface area contributed by atoms with Gasteiger partial charge >= 0.3 is 0 Å². The van der Waals surface area contributed by atoms with Gasteiger partial charge in [-0.05, 0) is 24.5 Å². The molecule has 1 aliphatic heterocycles. The lowest BCUT2D eigenvalue weighted by atomic mass is 10.1. The fraction of sp³-hybridized carbons (Fsp3) is 0.562. The lowest BCUT2D eigenvalue weighted by molar-refractivity contribution is 0.0924. The first-order chi connectivity index (χ1) is 10.6. The molecule has 6 heteroatoms. The second-order valence-electron chi connectivity index (χ2n) is 5.56. The van der Waals surface area contributed by atoms with Crippen molar-refractivity contribution in [3.8, 4) is 11.5 Å². The van der Waals surface area contributed by atoms with Crippen LogP contribution in [0.5, 0.6) is 11.5 Å².